The molecule has 0 aromatic heterocycles. The number of rotatable bonds is 5. The summed E-state index contributed by atoms with van der Waals surface area (Å²) in [6, 6.07) is 16.1. The van der Waals surface area contributed by atoms with Crippen LogP contribution >= 0.6 is 12.4 Å². The molecule has 0 saturated carbocycles. The van der Waals surface area contributed by atoms with Gasteiger partial charge in [-0.15, -0.1) is 12.4 Å². The largest absolute Gasteiger partial charge is 0.326 e. The third-order valence-electron chi connectivity index (χ3n) is 4.41. The maximum atomic E-state index is 12.3. The molecule has 1 heterocycles. The summed E-state index contributed by atoms with van der Waals surface area (Å²) in [5, 5.41) is 13.6. The van der Waals surface area contributed by atoms with Crippen molar-refractivity contribution in [2.24, 2.45) is 5.73 Å². The summed E-state index contributed by atoms with van der Waals surface area (Å²) in [5.74, 6) is -0.102. The monoisotopic (exact) mass is 376 g/mol. The Hall–Kier alpha value is -2.48. The molecular weight excluding hydrogens is 356 g/mol. The summed E-state index contributed by atoms with van der Waals surface area (Å²) in [5.41, 5.74) is 7.49. The average Bonchev–Trinajstić information content (AvgIpc) is 2.96. The Morgan fingerprint density at radius 3 is 2.50 bits per heavy atom. The first-order valence-corrected chi connectivity index (χ1v) is 8.10. The molecule has 3 rings (SSSR count). The van der Waals surface area contributed by atoms with Crippen LogP contribution in [-0.4, -0.2) is 41.4 Å². The normalized spacial score (nSPS) is 19.6. The highest BCUT2D eigenvalue weighted by Gasteiger charge is 2.32. The van der Waals surface area contributed by atoms with Crippen molar-refractivity contribution >= 4 is 29.7 Å². The smallest absolute Gasteiger partial charge is 0.292 e. The van der Waals surface area contributed by atoms with Crippen molar-refractivity contribution < 1.29 is 9.72 Å². The van der Waals surface area contributed by atoms with Crippen molar-refractivity contribution in [3.8, 4) is 0 Å². The van der Waals surface area contributed by atoms with Crippen LogP contribution in [0.15, 0.2) is 54.6 Å². The first-order valence-electron chi connectivity index (χ1n) is 8.10. The number of nitrogens with one attached hydrogen (secondary N) is 1. The molecule has 0 radical (unpaired) electrons. The Bertz CT molecular complexity index is 772. The van der Waals surface area contributed by atoms with Gasteiger partial charge in [-0.25, -0.2) is 0 Å². The molecule has 1 saturated heterocycles. The number of hydrogen-bond donors (Lipinski definition) is 2. The quantitative estimate of drug-likeness (QED) is 0.616. The molecule has 1 amide bonds. The number of halogens is 1. The Morgan fingerprint density at radius 1 is 1.15 bits per heavy atom. The summed E-state index contributed by atoms with van der Waals surface area (Å²) in [4.78, 5) is 24.8. The van der Waals surface area contributed by atoms with E-state index >= 15 is 0 Å². The second-order valence-electron chi connectivity index (χ2n) is 6.20. The van der Waals surface area contributed by atoms with Crippen LogP contribution < -0.4 is 11.1 Å². The fourth-order valence-electron chi connectivity index (χ4n) is 3.23. The summed E-state index contributed by atoms with van der Waals surface area (Å²) in [6.45, 7) is 1.46. The molecule has 1 aliphatic rings. The lowest BCUT2D eigenvalue weighted by molar-refractivity contribution is -0.383. The van der Waals surface area contributed by atoms with Crippen LogP contribution in [0.4, 0.5) is 11.4 Å². The Labute approximate surface area is 157 Å². The molecule has 3 N–H and O–H groups in total. The molecule has 2 aromatic carbocycles. The molecule has 1 fully saturated rings. The second kappa shape index (κ2) is 8.75. The van der Waals surface area contributed by atoms with Crippen molar-refractivity contribution in [3.05, 3.63) is 70.3 Å². The van der Waals surface area contributed by atoms with Crippen LogP contribution in [0, 0.1) is 10.1 Å². The lowest BCUT2D eigenvalue weighted by Gasteiger charge is -2.16. The Kier molecular flexibility index (Phi) is 6.68. The van der Waals surface area contributed by atoms with Gasteiger partial charge in [0.25, 0.3) is 5.69 Å². The zero-order valence-electron chi connectivity index (χ0n) is 14.1. The number of para-hydroxylation sites is 2. The van der Waals surface area contributed by atoms with Gasteiger partial charge < -0.3 is 11.1 Å². The minimum atomic E-state index is -0.507. The van der Waals surface area contributed by atoms with Gasteiger partial charge in [-0.3, -0.25) is 19.8 Å². The van der Waals surface area contributed by atoms with E-state index < -0.39 is 4.92 Å². The standard InChI is InChI=1S/C18H20N4O3.ClH/c19-15-11-21(10-14(15)13-6-2-1-3-7-13)12-18(23)20-16-8-4-5-9-17(16)22(24)25;/h1-9,14-15H,10-12,19H2,(H,20,23);1H/t14-,15+;/m0./s1. The van der Waals surface area contributed by atoms with E-state index in [1.54, 1.807) is 12.1 Å². The van der Waals surface area contributed by atoms with Crippen molar-refractivity contribution in [2.75, 3.05) is 25.0 Å². The minimum Gasteiger partial charge on any atom is -0.326 e. The van der Waals surface area contributed by atoms with Gasteiger partial charge in [0.15, 0.2) is 0 Å². The van der Waals surface area contributed by atoms with Gasteiger partial charge in [-0.1, -0.05) is 42.5 Å². The van der Waals surface area contributed by atoms with E-state index in [0.717, 1.165) is 5.56 Å². The molecule has 0 bridgehead atoms. The van der Waals surface area contributed by atoms with Gasteiger partial charge in [0, 0.05) is 31.1 Å². The van der Waals surface area contributed by atoms with Crippen LogP contribution in [0.2, 0.25) is 0 Å². The van der Waals surface area contributed by atoms with E-state index in [4.69, 9.17) is 5.73 Å². The van der Waals surface area contributed by atoms with Gasteiger partial charge in [-0.05, 0) is 11.6 Å². The maximum absolute atomic E-state index is 12.3. The van der Waals surface area contributed by atoms with E-state index in [9.17, 15) is 14.9 Å². The molecule has 26 heavy (non-hydrogen) atoms. The van der Waals surface area contributed by atoms with Gasteiger partial charge in [-0.2, -0.15) is 0 Å². The van der Waals surface area contributed by atoms with Gasteiger partial charge in [0.2, 0.25) is 5.91 Å². The molecule has 2 aromatic rings. The molecule has 0 unspecified atom stereocenters. The SMILES string of the molecule is Cl.N[C@@H]1CN(CC(=O)Nc2ccccc2[N+](=O)[O-])C[C@H]1c1ccccc1. The minimum absolute atomic E-state index is 0. The van der Waals surface area contributed by atoms with Crippen LogP contribution in [0.5, 0.6) is 0 Å². The number of nitro benzene ring substituents is 1. The van der Waals surface area contributed by atoms with E-state index in [1.165, 1.54) is 12.1 Å². The van der Waals surface area contributed by atoms with Gasteiger partial charge in [0.05, 0.1) is 11.5 Å². The summed E-state index contributed by atoms with van der Waals surface area (Å²) in [6.07, 6.45) is 0. The fourth-order valence-corrected chi connectivity index (χ4v) is 3.23. The number of nitrogens with zero attached hydrogens (tertiary/aromatic N) is 2. The zero-order valence-corrected chi connectivity index (χ0v) is 14.9. The lowest BCUT2D eigenvalue weighted by atomic mass is 9.95. The van der Waals surface area contributed by atoms with Crippen molar-refractivity contribution in [3.63, 3.8) is 0 Å². The van der Waals surface area contributed by atoms with Gasteiger partial charge in [0.1, 0.15) is 5.69 Å². The summed E-state index contributed by atoms with van der Waals surface area (Å²) >= 11 is 0. The number of amides is 1. The number of likely N-dealkylation sites (tertiary alicyclic amines) is 1. The molecule has 138 valence electrons. The maximum Gasteiger partial charge on any atom is 0.292 e. The van der Waals surface area contributed by atoms with E-state index in [2.05, 4.69) is 5.32 Å². The number of benzene rings is 2. The predicted molar refractivity (Wildman–Crippen MR) is 103 cm³/mol. The van der Waals surface area contributed by atoms with E-state index in [0.29, 0.717) is 13.1 Å². The third kappa shape index (κ3) is 4.57. The number of carbonyl (C=O) groups is 1. The van der Waals surface area contributed by atoms with Crippen LogP contribution in [0.1, 0.15) is 11.5 Å². The topological polar surface area (TPSA) is 102 Å². The van der Waals surface area contributed by atoms with Crippen molar-refractivity contribution in [1.82, 2.24) is 4.90 Å². The van der Waals surface area contributed by atoms with Gasteiger partial charge >= 0.3 is 0 Å². The summed E-state index contributed by atoms with van der Waals surface area (Å²) in [7, 11) is 0. The highest BCUT2D eigenvalue weighted by Crippen LogP contribution is 2.27. The second-order valence-corrected chi connectivity index (χ2v) is 6.20. The number of nitro groups is 1. The van der Waals surface area contributed by atoms with Crippen molar-refractivity contribution in [1.29, 1.82) is 0 Å². The summed E-state index contributed by atoms with van der Waals surface area (Å²) < 4.78 is 0. The zero-order chi connectivity index (χ0) is 17.8. The molecular formula is C18H21ClN4O3. The van der Waals surface area contributed by atoms with E-state index in [1.807, 2.05) is 35.2 Å². The Morgan fingerprint density at radius 2 is 1.81 bits per heavy atom. The van der Waals surface area contributed by atoms with Crippen molar-refractivity contribution in [2.45, 2.75) is 12.0 Å². The fraction of sp³-hybridized carbons (Fsp3) is 0.278. The lowest BCUT2D eigenvalue weighted by Crippen LogP contribution is -2.33. The highest BCUT2D eigenvalue weighted by molar-refractivity contribution is 5.94. The number of nitrogens with two attached hydrogens (primary N) is 1. The first-order chi connectivity index (χ1) is 12.0. The molecule has 2 atom stereocenters. The predicted octanol–water partition coefficient (Wildman–Crippen LogP) is 2.38. The Balaban J connectivity index is 0.00000243. The third-order valence-corrected chi connectivity index (χ3v) is 4.41. The molecule has 0 aliphatic carbocycles. The molecule has 8 heteroatoms. The average molecular weight is 377 g/mol. The molecule has 0 spiro atoms. The van der Waals surface area contributed by atoms with Crippen LogP contribution in [-0.2, 0) is 4.79 Å². The van der Waals surface area contributed by atoms with E-state index in [-0.39, 0.29) is 48.2 Å². The number of carbonyl (C=O) groups excluding carboxylic acids is 1. The van der Waals surface area contributed by atoms with Crippen LogP contribution in [0.25, 0.3) is 0 Å². The number of anilines is 1. The molecule has 7 nitrogen and oxygen atoms in total. The number of hydrogen-bond acceptors (Lipinski definition) is 5. The van der Waals surface area contributed by atoms with Crippen LogP contribution in [0.3, 0.4) is 0 Å². The first kappa shape index (κ1) is 19.8. The molecule has 1 aliphatic heterocycles. The highest BCUT2D eigenvalue weighted by atomic mass is 35.5.